The lowest BCUT2D eigenvalue weighted by Crippen LogP contribution is -2.24. The Labute approximate surface area is 158 Å². The van der Waals surface area contributed by atoms with Crippen LogP contribution in [0.3, 0.4) is 0 Å². The fourth-order valence-electron chi connectivity index (χ4n) is 2.69. The lowest BCUT2D eigenvalue weighted by atomic mass is 10.1. The third-order valence-corrected chi connectivity index (χ3v) is 4.14. The van der Waals surface area contributed by atoms with Crippen LogP contribution in [0.2, 0.25) is 0 Å². The topological polar surface area (TPSA) is 71.1 Å². The van der Waals surface area contributed by atoms with Gasteiger partial charge in [-0.3, -0.25) is 14.6 Å². The second-order valence-electron chi connectivity index (χ2n) is 6.12. The molecule has 0 unspecified atom stereocenters. The quantitative estimate of drug-likeness (QED) is 0.677. The zero-order valence-corrected chi connectivity index (χ0v) is 14.9. The SMILES string of the molecule is O=C(CCc1ccccc1)Nc1ccccc1CNC(=O)c1cccnc1. The molecule has 27 heavy (non-hydrogen) atoms. The minimum Gasteiger partial charge on any atom is -0.348 e. The second kappa shape index (κ2) is 9.29. The maximum absolute atomic E-state index is 12.3. The number of aryl methyl sites for hydroxylation is 1. The molecule has 5 heteroatoms. The molecule has 2 aromatic carbocycles. The highest BCUT2D eigenvalue weighted by molar-refractivity contribution is 5.94. The van der Waals surface area contributed by atoms with Crippen molar-refractivity contribution in [3.8, 4) is 0 Å². The summed E-state index contributed by atoms with van der Waals surface area (Å²) in [5.74, 6) is -0.252. The maximum Gasteiger partial charge on any atom is 0.253 e. The Balaban J connectivity index is 1.57. The smallest absolute Gasteiger partial charge is 0.253 e. The first-order chi connectivity index (χ1) is 13.2. The Bertz CT molecular complexity index is 896. The number of nitrogens with zero attached hydrogens (tertiary/aromatic N) is 1. The average Bonchev–Trinajstić information content (AvgIpc) is 2.73. The molecule has 0 aliphatic rings. The molecule has 136 valence electrons. The minimum absolute atomic E-state index is 0.0510. The molecule has 2 N–H and O–H groups in total. The highest BCUT2D eigenvalue weighted by atomic mass is 16.2. The van der Waals surface area contributed by atoms with Crippen LogP contribution in [-0.4, -0.2) is 16.8 Å². The molecule has 0 radical (unpaired) electrons. The number of pyridine rings is 1. The molecule has 0 atom stereocenters. The van der Waals surface area contributed by atoms with Crippen molar-refractivity contribution in [2.45, 2.75) is 19.4 Å². The van der Waals surface area contributed by atoms with Gasteiger partial charge in [0.05, 0.1) is 5.56 Å². The number of nitrogens with one attached hydrogen (secondary N) is 2. The van der Waals surface area contributed by atoms with Gasteiger partial charge in [-0.2, -0.15) is 0 Å². The third kappa shape index (κ3) is 5.51. The fourth-order valence-corrected chi connectivity index (χ4v) is 2.69. The van der Waals surface area contributed by atoms with Crippen LogP contribution in [0.5, 0.6) is 0 Å². The van der Waals surface area contributed by atoms with Crippen LogP contribution in [-0.2, 0) is 17.8 Å². The van der Waals surface area contributed by atoms with Crippen LogP contribution in [0.4, 0.5) is 5.69 Å². The van der Waals surface area contributed by atoms with Gasteiger partial charge in [-0.25, -0.2) is 0 Å². The van der Waals surface area contributed by atoms with Crippen molar-refractivity contribution in [1.29, 1.82) is 0 Å². The molecule has 0 saturated carbocycles. The summed E-state index contributed by atoms with van der Waals surface area (Å²) in [5.41, 5.74) is 3.19. The summed E-state index contributed by atoms with van der Waals surface area (Å²) in [4.78, 5) is 28.4. The van der Waals surface area contributed by atoms with Crippen molar-refractivity contribution in [3.63, 3.8) is 0 Å². The number of benzene rings is 2. The molecule has 1 aromatic heterocycles. The number of carbonyl (C=O) groups is 2. The monoisotopic (exact) mass is 359 g/mol. The van der Waals surface area contributed by atoms with Crippen molar-refractivity contribution in [1.82, 2.24) is 10.3 Å². The van der Waals surface area contributed by atoms with E-state index in [4.69, 9.17) is 0 Å². The van der Waals surface area contributed by atoms with E-state index in [0.717, 1.165) is 11.1 Å². The van der Waals surface area contributed by atoms with E-state index in [1.807, 2.05) is 54.6 Å². The Morgan fingerprint density at radius 2 is 1.67 bits per heavy atom. The summed E-state index contributed by atoms with van der Waals surface area (Å²) in [6, 6.07) is 20.8. The van der Waals surface area contributed by atoms with Gasteiger partial charge in [-0.1, -0.05) is 48.5 Å². The van der Waals surface area contributed by atoms with Gasteiger partial charge in [-0.05, 0) is 35.7 Å². The molecule has 0 aliphatic heterocycles. The Morgan fingerprint density at radius 3 is 2.44 bits per heavy atom. The number of rotatable bonds is 7. The zero-order chi connectivity index (χ0) is 18.9. The number of para-hydroxylation sites is 1. The van der Waals surface area contributed by atoms with E-state index in [2.05, 4.69) is 15.6 Å². The lowest BCUT2D eigenvalue weighted by Gasteiger charge is -2.12. The van der Waals surface area contributed by atoms with Gasteiger partial charge in [0.25, 0.3) is 5.91 Å². The number of amides is 2. The van der Waals surface area contributed by atoms with Gasteiger partial charge in [-0.15, -0.1) is 0 Å². The molecule has 0 spiro atoms. The van der Waals surface area contributed by atoms with Crippen LogP contribution in [0.25, 0.3) is 0 Å². The van der Waals surface area contributed by atoms with Gasteiger partial charge in [0, 0.05) is 31.0 Å². The summed E-state index contributed by atoms with van der Waals surface area (Å²) in [6.45, 7) is 0.322. The Hall–Kier alpha value is -3.47. The molecular formula is C22H21N3O2. The summed E-state index contributed by atoms with van der Waals surface area (Å²) in [7, 11) is 0. The van der Waals surface area contributed by atoms with Crippen LogP contribution in [0.15, 0.2) is 79.1 Å². The van der Waals surface area contributed by atoms with E-state index < -0.39 is 0 Å². The van der Waals surface area contributed by atoms with Gasteiger partial charge < -0.3 is 10.6 Å². The zero-order valence-electron chi connectivity index (χ0n) is 14.9. The predicted molar refractivity (Wildman–Crippen MR) is 105 cm³/mol. The number of hydrogen-bond acceptors (Lipinski definition) is 3. The van der Waals surface area contributed by atoms with E-state index >= 15 is 0 Å². The molecule has 0 bridgehead atoms. The molecule has 0 fully saturated rings. The largest absolute Gasteiger partial charge is 0.348 e. The van der Waals surface area contributed by atoms with Crippen molar-refractivity contribution in [3.05, 3.63) is 95.8 Å². The Kier molecular flexibility index (Phi) is 6.30. The summed E-state index contributed by atoms with van der Waals surface area (Å²) in [6.07, 6.45) is 4.23. The van der Waals surface area contributed by atoms with Crippen molar-refractivity contribution >= 4 is 17.5 Å². The van der Waals surface area contributed by atoms with Gasteiger partial charge in [0.1, 0.15) is 0 Å². The van der Waals surface area contributed by atoms with Crippen LogP contribution in [0, 0.1) is 0 Å². The van der Waals surface area contributed by atoms with Crippen molar-refractivity contribution in [2.75, 3.05) is 5.32 Å². The third-order valence-electron chi connectivity index (χ3n) is 4.14. The molecule has 0 saturated heterocycles. The summed E-state index contributed by atoms with van der Waals surface area (Å²) < 4.78 is 0. The van der Waals surface area contributed by atoms with Gasteiger partial charge in [0.15, 0.2) is 0 Å². The Morgan fingerprint density at radius 1 is 0.889 bits per heavy atom. The molecule has 5 nitrogen and oxygen atoms in total. The van der Waals surface area contributed by atoms with Crippen LogP contribution >= 0.6 is 0 Å². The number of aromatic nitrogens is 1. The minimum atomic E-state index is -0.201. The molecule has 1 heterocycles. The lowest BCUT2D eigenvalue weighted by molar-refractivity contribution is -0.116. The number of carbonyl (C=O) groups excluding carboxylic acids is 2. The van der Waals surface area contributed by atoms with E-state index in [-0.39, 0.29) is 11.8 Å². The molecule has 0 aliphatic carbocycles. The summed E-state index contributed by atoms with van der Waals surface area (Å²) >= 11 is 0. The van der Waals surface area contributed by atoms with Gasteiger partial charge in [0.2, 0.25) is 5.91 Å². The molecule has 3 rings (SSSR count). The highest BCUT2D eigenvalue weighted by Gasteiger charge is 2.09. The molecule has 2 amide bonds. The highest BCUT2D eigenvalue weighted by Crippen LogP contribution is 2.16. The van der Waals surface area contributed by atoms with Crippen molar-refractivity contribution < 1.29 is 9.59 Å². The predicted octanol–water partition coefficient (Wildman–Crippen LogP) is 3.58. The number of hydrogen-bond donors (Lipinski definition) is 2. The second-order valence-corrected chi connectivity index (χ2v) is 6.12. The number of anilines is 1. The first kappa shape index (κ1) is 18.3. The normalized spacial score (nSPS) is 10.2. The van der Waals surface area contributed by atoms with E-state index in [9.17, 15) is 9.59 Å². The first-order valence-electron chi connectivity index (χ1n) is 8.82. The average molecular weight is 359 g/mol. The van der Waals surface area contributed by atoms with Crippen molar-refractivity contribution in [2.24, 2.45) is 0 Å². The van der Waals surface area contributed by atoms with Crippen LogP contribution in [0.1, 0.15) is 27.9 Å². The van der Waals surface area contributed by atoms with E-state index in [0.29, 0.717) is 30.6 Å². The standard InChI is InChI=1S/C22H21N3O2/c26-21(13-12-17-7-2-1-3-8-17)25-20-11-5-4-9-18(20)16-24-22(27)19-10-6-14-23-15-19/h1-11,14-15H,12-13,16H2,(H,24,27)(H,25,26). The fraction of sp³-hybridized carbons (Fsp3) is 0.136. The summed E-state index contributed by atoms with van der Waals surface area (Å²) in [5, 5.41) is 5.80. The molecular weight excluding hydrogens is 338 g/mol. The first-order valence-corrected chi connectivity index (χ1v) is 8.82. The molecule has 3 aromatic rings. The van der Waals surface area contributed by atoms with E-state index in [1.54, 1.807) is 18.3 Å². The maximum atomic E-state index is 12.3. The van der Waals surface area contributed by atoms with Gasteiger partial charge >= 0.3 is 0 Å². The van der Waals surface area contributed by atoms with E-state index in [1.165, 1.54) is 6.20 Å². The van der Waals surface area contributed by atoms with Crippen LogP contribution < -0.4 is 10.6 Å².